The Hall–Kier alpha value is -2.70. The highest BCUT2D eigenvalue weighted by atomic mass is 16.4. The van der Waals surface area contributed by atoms with E-state index in [2.05, 4.69) is 15.2 Å². The van der Waals surface area contributed by atoms with E-state index in [9.17, 15) is 9.90 Å². The number of carboxylic acids is 1. The molecule has 0 aliphatic heterocycles. The molecular weight excluding hydrogens is 246 g/mol. The topological polar surface area (TPSA) is 85.3 Å². The van der Waals surface area contributed by atoms with Crippen molar-refractivity contribution in [3.8, 4) is 11.3 Å². The van der Waals surface area contributed by atoms with Crippen molar-refractivity contribution >= 4 is 11.6 Å². The molecule has 19 heavy (non-hydrogen) atoms. The lowest BCUT2D eigenvalue weighted by Gasteiger charge is -1.94. The predicted octanol–water partition coefficient (Wildman–Crippen LogP) is 1.31. The Morgan fingerprint density at radius 3 is 3.00 bits per heavy atom. The maximum absolute atomic E-state index is 11.4. The van der Waals surface area contributed by atoms with Gasteiger partial charge in [0, 0.05) is 30.7 Å². The summed E-state index contributed by atoms with van der Waals surface area (Å²) >= 11 is 0. The molecule has 0 aliphatic rings. The molecule has 0 aromatic carbocycles. The summed E-state index contributed by atoms with van der Waals surface area (Å²) < 4.78 is 3.18. The zero-order valence-corrected chi connectivity index (χ0v) is 10.2. The molecule has 7 nitrogen and oxygen atoms in total. The summed E-state index contributed by atoms with van der Waals surface area (Å²) in [6, 6.07) is 1.70. The largest absolute Gasteiger partial charge is 0.477 e. The minimum absolute atomic E-state index is 0.0938. The molecular formula is C12H11N5O2. The van der Waals surface area contributed by atoms with Gasteiger partial charge in [0.1, 0.15) is 11.3 Å². The third-order valence-corrected chi connectivity index (χ3v) is 2.84. The van der Waals surface area contributed by atoms with E-state index < -0.39 is 5.97 Å². The van der Waals surface area contributed by atoms with Gasteiger partial charge in [-0.05, 0) is 13.0 Å². The van der Waals surface area contributed by atoms with Crippen LogP contribution in [0.1, 0.15) is 17.3 Å². The van der Waals surface area contributed by atoms with Crippen LogP contribution < -0.4 is 0 Å². The minimum atomic E-state index is -1.05. The van der Waals surface area contributed by atoms with E-state index in [0.29, 0.717) is 23.4 Å². The van der Waals surface area contributed by atoms with Crippen molar-refractivity contribution in [3.05, 3.63) is 36.4 Å². The van der Waals surface area contributed by atoms with E-state index in [1.165, 1.54) is 4.52 Å². The van der Waals surface area contributed by atoms with Gasteiger partial charge >= 0.3 is 5.97 Å². The zero-order valence-electron chi connectivity index (χ0n) is 10.2. The van der Waals surface area contributed by atoms with Crippen molar-refractivity contribution in [2.45, 2.75) is 13.5 Å². The Morgan fingerprint density at radius 2 is 2.32 bits per heavy atom. The Bertz CT molecular complexity index is 758. The molecule has 3 aromatic heterocycles. The molecule has 0 aliphatic carbocycles. The van der Waals surface area contributed by atoms with Crippen LogP contribution in [0.5, 0.6) is 0 Å². The van der Waals surface area contributed by atoms with Crippen LogP contribution in [0.2, 0.25) is 0 Å². The van der Waals surface area contributed by atoms with E-state index in [1.54, 1.807) is 35.5 Å². The Kier molecular flexibility index (Phi) is 2.52. The van der Waals surface area contributed by atoms with E-state index in [-0.39, 0.29) is 5.56 Å². The highest BCUT2D eigenvalue weighted by Gasteiger charge is 2.22. The maximum atomic E-state index is 11.4. The molecule has 0 spiro atoms. The first kappa shape index (κ1) is 11.4. The van der Waals surface area contributed by atoms with Crippen LogP contribution in [0.25, 0.3) is 16.9 Å². The molecule has 0 radical (unpaired) electrons. The fourth-order valence-corrected chi connectivity index (χ4v) is 1.94. The van der Waals surface area contributed by atoms with Crippen LogP contribution in [-0.4, -0.2) is 35.5 Å². The Morgan fingerprint density at radius 1 is 1.47 bits per heavy atom. The van der Waals surface area contributed by atoms with Gasteiger partial charge in [-0.3, -0.25) is 4.68 Å². The minimum Gasteiger partial charge on any atom is -0.477 e. The molecule has 0 bridgehead atoms. The van der Waals surface area contributed by atoms with Gasteiger partial charge < -0.3 is 5.11 Å². The number of aryl methyl sites for hydroxylation is 1. The van der Waals surface area contributed by atoms with Crippen LogP contribution in [-0.2, 0) is 6.54 Å². The van der Waals surface area contributed by atoms with Crippen molar-refractivity contribution in [2.24, 2.45) is 0 Å². The summed E-state index contributed by atoms with van der Waals surface area (Å²) in [5.74, 6) is -1.05. The fourth-order valence-electron chi connectivity index (χ4n) is 1.94. The van der Waals surface area contributed by atoms with Crippen LogP contribution in [0, 0.1) is 0 Å². The first-order valence-corrected chi connectivity index (χ1v) is 5.80. The molecule has 7 heteroatoms. The molecule has 0 saturated carbocycles. The number of hydrogen-bond donors (Lipinski definition) is 1. The first-order chi connectivity index (χ1) is 9.20. The monoisotopic (exact) mass is 257 g/mol. The number of nitrogens with zero attached hydrogens (tertiary/aromatic N) is 5. The summed E-state index contributed by atoms with van der Waals surface area (Å²) in [7, 11) is 0. The Balaban J connectivity index is 2.27. The quantitative estimate of drug-likeness (QED) is 0.764. The second kappa shape index (κ2) is 4.20. The molecule has 0 amide bonds. The number of hydrogen-bond acceptors (Lipinski definition) is 4. The van der Waals surface area contributed by atoms with Crippen molar-refractivity contribution in [1.29, 1.82) is 0 Å². The van der Waals surface area contributed by atoms with Crippen molar-refractivity contribution in [3.63, 3.8) is 0 Å². The number of carboxylic acid groups (broad SMARTS) is 1. The van der Waals surface area contributed by atoms with E-state index in [0.717, 1.165) is 0 Å². The summed E-state index contributed by atoms with van der Waals surface area (Å²) in [6.07, 6.45) is 6.59. The van der Waals surface area contributed by atoms with Crippen LogP contribution >= 0.6 is 0 Å². The molecule has 0 unspecified atom stereocenters. The van der Waals surface area contributed by atoms with Crippen LogP contribution in [0.4, 0.5) is 0 Å². The molecule has 0 saturated heterocycles. The third kappa shape index (κ3) is 1.75. The maximum Gasteiger partial charge on any atom is 0.341 e. The van der Waals surface area contributed by atoms with Gasteiger partial charge in [-0.2, -0.15) is 10.2 Å². The van der Waals surface area contributed by atoms with Gasteiger partial charge in [0.15, 0.2) is 5.65 Å². The smallest absolute Gasteiger partial charge is 0.341 e. The van der Waals surface area contributed by atoms with Crippen LogP contribution in [0.3, 0.4) is 0 Å². The van der Waals surface area contributed by atoms with Crippen molar-refractivity contribution in [1.82, 2.24) is 24.4 Å². The van der Waals surface area contributed by atoms with Crippen LogP contribution in [0.15, 0.2) is 30.9 Å². The first-order valence-electron chi connectivity index (χ1n) is 5.80. The molecule has 0 atom stereocenters. The second-order valence-electron chi connectivity index (χ2n) is 4.00. The highest BCUT2D eigenvalue weighted by Crippen LogP contribution is 2.24. The average molecular weight is 257 g/mol. The number of aromatic carboxylic acids is 1. The number of carbonyl (C=O) groups is 1. The van der Waals surface area contributed by atoms with Crippen molar-refractivity contribution in [2.75, 3.05) is 0 Å². The highest BCUT2D eigenvalue weighted by molar-refractivity contribution is 6.01. The molecule has 0 fully saturated rings. The summed E-state index contributed by atoms with van der Waals surface area (Å²) in [5.41, 5.74) is 1.47. The summed E-state index contributed by atoms with van der Waals surface area (Å²) in [6.45, 7) is 2.67. The van der Waals surface area contributed by atoms with E-state index in [1.807, 2.05) is 6.92 Å². The summed E-state index contributed by atoms with van der Waals surface area (Å²) in [5, 5.41) is 17.8. The molecule has 96 valence electrons. The van der Waals surface area contributed by atoms with Gasteiger partial charge in [0.2, 0.25) is 0 Å². The van der Waals surface area contributed by atoms with Gasteiger partial charge in [0.05, 0.1) is 6.20 Å². The predicted molar refractivity (Wildman–Crippen MR) is 66.8 cm³/mol. The van der Waals surface area contributed by atoms with E-state index >= 15 is 0 Å². The normalized spacial score (nSPS) is 11.0. The third-order valence-electron chi connectivity index (χ3n) is 2.84. The number of fused-ring (bicyclic) bond motifs is 1. The Labute approximate surface area is 108 Å². The zero-order chi connectivity index (χ0) is 13.4. The number of aromatic nitrogens is 5. The van der Waals surface area contributed by atoms with Gasteiger partial charge in [-0.15, -0.1) is 0 Å². The summed E-state index contributed by atoms with van der Waals surface area (Å²) in [4.78, 5) is 15.5. The van der Waals surface area contributed by atoms with Gasteiger partial charge in [-0.1, -0.05) is 0 Å². The van der Waals surface area contributed by atoms with Gasteiger partial charge in [-0.25, -0.2) is 14.3 Å². The lowest BCUT2D eigenvalue weighted by molar-refractivity contribution is 0.0699. The standard InChI is InChI=1S/C12H11N5O2/c1-2-16-7-8(6-14-16)10-9(12(18)19)11-13-4-3-5-17(11)15-10/h3-7H,2H2,1H3,(H,18,19). The fraction of sp³-hybridized carbons (Fsp3) is 0.167. The molecule has 3 rings (SSSR count). The SMILES string of the molecule is CCn1cc(-c2nn3cccnc3c2C(=O)O)cn1. The molecule has 3 heterocycles. The van der Waals surface area contributed by atoms with Gasteiger partial charge in [0.25, 0.3) is 0 Å². The number of rotatable bonds is 3. The molecule has 1 N–H and O–H groups in total. The lowest BCUT2D eigenvalue weighted by Crippen LogP contribution is -1.98. The van der Waals surface area contributed by atoms with Crippen molar-refractivity contribution < 1.29 is 9.90 Å². The lowest BCUT2D eigenvalue weighted by atomic mass is 10.1. The van der Waals surface area contributed by atoms with E-state index in [4.69, 9.17) is 0 Å². The molecule has 3 aromatic rings. The average Bonchev–Trinajstić information content (AvgIpc) is 3.02. The second-order valence-corrected chi connectivity index (χ2v) is 4.00.